The third-order valence-corrected chi connectivity index (χ3v) is 1.25. The summed E-state index contributed by atoms with van der Waals surface area (Å²) in [5.41, 5.74) is 0. The van der Waals surface area contributed by atoms with Gasteiger partial charge in [0.2, 0.25) is 0 Å². The normalized spacial score (nSPS) is 9.82. The third kappa shape index (κ3) is 8.28. The Morgan fingerprint density at radius 3 is 1.18 bits per heavy atom. The molecule has 0 saturated carbocycles. The maximum atomic E-state index is 8.48. The minimum absolute atomic E-state index is 0. The van der Waals surface area contributed by atoms with Crippen molar-refractivity contribution in [2.45, 2.75) is 0 Å². The van der Waals surface area contributed by atoms with Crippen LogP contribution in [-0.2, 0) is 17.4 Å². The average Bonchev–Trinajstić information content (AvgIpc) is 1.90. The molecule has 3 N–H and O–H groups in total. The van der Waals surface area contributed by atoms with Gasteiger partial charge in [-0.1, -0.05) is 0 Å². The molecule has 5 heteroatoms. The van der Waals surface area contributed by atoms with Gasteiger partial charge in [-0.15, -0.1) is 0 Å². The fraction of sp³-hybridized carbons (Fsp3) is 1.00. The first-order chi connectivity index (χ1) is 4.85. The van der Waals surface area contributed by atoms with Crippen molar-refractivity contribution in [2.75, 3.05) is 39.5 Å². The van der Waals surface area contributed by atoms with E-state index in [-0.39, 0.29) is 37.2 Å². The zero-order chi connectivity index (χ0) is 7.82. The van der Waals surface area contributed by atoms with Crippen LogP contribution >= 0.6 is 0 Å². The summed E-state index contributed by atoms with van der Waals surface area (Å²) in [6.45, 7) is 1.75. The Kier molecular flexibility index (Phi) is 13.1. The van der Waals surface area contributed by atoms with Crippen molar-refractivity contribution in [3.8, 4) is 0 Å². The van der Waals surface area contributed by atoms with Gasteiger partial charge in [0.1, 0.15) is 0 Å². The van der Waals surface area contributed by atoms with E-state index in [1.54, 1.807) is 4.90 Å². The molecule has 4 nitrogen and oxygen atoms in total. The van der Waals surface area contributed by atoms with Crippen molar-refractivity contribution in [3.05, 3.63) is 0 Å². The van der Waals surface area contributed by atoms with E-state index < -0.39 is 0 Å². The summed E-state index contributed by atoms with van der Waals surface area (Å²) < 4.78 is 0. The quantitative estimate of drug-likeness (QED) is 0.477. The zero-order valence-corrected chi connectivity index (χ0v) is 7.71. The SMILES string of the molecule is OCCN(CCO)CCO.[Cr]. The number of hydrogen-bond donors (Lipinski definition) is 3. The predicted molar refractivity (Wildman–Crippen MR) is 37.7 cm³/mol. The Morgan fingerprint density at radius 2 is 1.00 bits per heavy atom. The maximum Gasteiger partial charge on any atom is 0.0558 e. The van der Waals surface area contributed by atoms with E-state index in [2.05, 4.69) is 0 Å². The Morgan fingerprint density at radius 1 is 0.727 bits per heavy atom. The van der Waals surface area contributed by atoms with Crippen LogP contribution in [0.4, 0.5) is 0 Å². The maximum absolute atomic E-state index is 8.48. The first-order valence-corrected chi connectivity index (χ1v) is 3.40. The summed E-state index contributed by atoms with van der Waals surface area (Å²) in [5, 5.41) is 25.5. The average molecular weight is 201 g/mol. The topological polar surface area (TPSA) is 63.9 Å². The molecule has 68 valence electrons. The molecule has 0 aliphatic rings. The molecule has 0 bridgehead atoms. The molecule has 0 aliphatic carbocycles. The van der Waals surface area contributed by atoms with Gasteiger partial charge in [-0.2, -0.15) is 0 Å². The van der Waals surface area contributed by atoms with Gasteiger partial charge in [-0.3, -0.25) is 4.90 Å². The van der Waals surface area contributed by atoms with E-state index in [0.717, 1.165) is 0 Å². The Labute approximate surface area is 77.6 Å². The Bertz CT molecular complexity index is 60.6. The first-order valence-electron chi connectivity index (χ1n) is 3.40. The first kappa shape index (κ1) is 13.9. The number of aliphatic hydroxyl groups excluding tert-OH is 3. The monoisotopic (exact) mass is 201 g/mol. The minimum atomic E-state index is 0. The van der Waals surface area contributed by atoms with Crippen LogP contribution in [0, 0.1) is 0 Å². The van der Waals surface area contributed by atoms with E-state index in [9.17, 15) is 0 Å². The van der Waals surface area contributed by atoms with Crippen LogP contribution in [-0.4, -0.2) is 59.7 Å². The van der Waals surface area contributed by atoms with Crippen molar-refractivity contribution < 1.29 is 32.7 Å². The summed E-state index contributed by atoms with van der Waals surface area (Å²) in [6, 6.07) is 0. The molecular weight excluding hydrogens is 186 g/mol. The second kappa shape index (κ2) is 10.4. The standard InChI is InChI=1S/C6H15NO3.Cr/c8-4-1-7(2-5-9)3-6-10;/h8-10H,1-6H2;. The van der Waals surface area contributed by atoms with E-state index in [1.807, 2.05) is 0 Å². The number of aliphatic hydroxyl groups is 3. The smallest absolute Gasteiger partial charge is 0.0558 e. The summed E-state index contributed by atoms with van der Waals surface area (Å²) >= 11 is 0. The van der Waals surface area contributed by atoms with E-state index in [1.165, 1.54) is 0 Å². The fourth-order valence-corrected chi connectivity index (χ4v) is 0.760. The predicted octanol–water partition coefficient (Wildman–Crippen LogP) is -1.74. The molecule has 0 spiro atoms. The van der Waals surface area contributed by atoms with Crippen molar-refractivity contribution in [2.24, 2.45) is 0 Å². The summed E-state index contributed by atoms with van der Waals surface area (Å²) in [7, 11) is 0. The molecule has 0 heterocycles. The molecule has 0 aromatic carbocycles. The van der Waals surface area contributed by atoms with Gasteiger partial charge in [0.05, 0.1) is 19.8 Å². The molecule has 0 atom stereocenters. The van der Waals surface area contributed by atoms with Gasteiger partial charge < -0.3 is 15.3 Å². The van der Waals surface area contributed by atoms with Crippen molar-refractivity contribution in [1.29, 1.82) is 0 Å². The summed E-state index contributed by atoms with van der Waals surface area (Å²) in [6.07, 6.45) is 0. The van der Waals surface area contributed by atoms with Crippen LogP contribution in [0.2, 0.25) is 0 Å². The van der Waals surface area contributed by atoms with Crippen molar-refractivity contribution >= 4 is 0 Å². The van der Waals surface area contributed by atoms with Crippen LogP contribution in [0.15, 0.2) is 0 Å². The number of nitrogens with zero attached hydrogens (tertiary/aromatic N) is 1. The molecular formula is C6H15CrNO3. The second-order valence-corrected chi connectivity index (χ2v) is 2.01. The molecule has 0 rings (SSSR count). The molecule has 0 aromatic rings. The van der Waals surface area contributed by atoms with E-state index >= 15 is 0 Å². The van der Waals surface area contributed by atoms with Crippen LogP contribution in [0.5, 0.6) is 0 Å². The van der Waals surface area contributed by atoms with Crippen molar-refractivity contribution in [3.63, 3.8) is 0 Å². The largest absolute Gasteiger partial charge is 0.395 e. The van der Waals surface area contributed by atoms with Crippen LogP contribution in [0.25, 0.3) is 0 Å². The fourth-order valence-electron chi connectivity index (χ4n) is 0.760. The molecule has 0 aromatic heterocycles. The van der Waals surface area contributed by atoms with Gasteiger partial charge in [0, 0.05) is 37.0 Å². The van der Waals surface area contributed by atoms with Crippen LogP contribution in [0.3, 0.4) is 0 Å². The molecule has 0 aliphatic heterocycles. The molecule has 11 heavy (non-hydrogen) atoms. The molecule has 0 radical (unpaired) electrons. The third-order valence-electron chi connectivity index (χ3n) is 1.25. The number of hydrogen-bond acceptors (Lipinski definition) is 4. The summed E-state index contributed by atoms with van der Waals surface area (Å²) in [5.74, 6) is 0. The minimum Gasteiger partial charge on any atom is -0.395 e. The summed E-state index contributed by atoms with van der Waals surface area (Å²) in [4.78, 5) is 1.79. The molecule has 0 fully saturated rings. The Balaban J connectivity index is 0. The van der Waals surface area contributed by atoms with Crippen LogP contribution < -0.4 is 0 Å². The van der Waals surface area contributed by atoms with E-state index in [4.69, 9.17) is 15.3 Å². The van der Waals surface area contributed by atoms with Crippen LogP contribution in [0.1, 0.15) is 0 Å². The van der Waals surface area contributed by atoms with Gasteiger partial charge in [0.15, 0.2) is 0 Å². The Hall–Kier alpha value is 0.372. The molecule has 0 amide bonds. The van der Waals surface area contributed by atoms with Gasteiger partial charge in [-0.25, -0.2) is 0 Å². The number of rotatable bonds is 6. The second-order valence-electron chi connectivity index (χ2n) is 2.01. The van der Waals surface area contributed by atoms with Gasteiger partial charge >= 0.3 is 0 Å². The molecule has 0 unspecified atom stereocenters. The van der Waals surface area contributed by atoms with E-state index in [0.29, 0.717) is 19.6 Å². The van der Waals surface area contributed by atoms with Gasteiger partial charge in [0.25, 0.3) is 0 Å². The van der Waals surface area contributed by atoms with Gasteiger partial charge in [-0.05, 0) is 0 Å². The molecule has 0 saturated heterocycles. The van der Waals surface area contributed by atoms with Crippen molar-refractivity contribution in [1.82, 2.24) is 4.90 Å². The zero-order valence-electron chi connectivity index (χ0n) is 6.44.